The zero-order valence-corrected chi connectivity index (χ0v) is 10.2. The van der Waals surface area contributed by atoms with E-state index in [9.17, 15) is 4.79 Å². The summed E-state index contributed by atoms with van der Waals surface area (Å²) in [6.45, 7) is 0. The van der Waals surface area contributed by atoms with Crippen LogP contribution in [0.1, 0.15) is 0 Å². The minimum absolute atomic E-state index is 0.191. The molecule has 0 aliphatic rings. The van der Waals surface area contributed by atoms with E-state index in [-0.39, 0.29) is 5.69 Å². The lowest BCUT2D eigenvalue weighted by Crippen LogP contribution is -2.21. The summed E-state index contributed by atoms with van der Waals surface area (Å²) in [5, 5.41) is 4.47. The molecular formula is C9H7BrClN3O. The largest absolute Gasteiger partial charge is 0.350 e. The van der Waals surface area contributed by atoms with Gasteiger partial charge < -0.3 is 0 Å². The van der Waals surface area contributed by atoms with E-state index in [0.29, 0.717) is 5.02 Å². The maximum absolute atomic E-state index is 11.6. The van der Waals surface area contributed by atoms with Crippen LogP contribution < -0.4 is 5.69 Å². The molecule has 2 rings (SSSR count). The Morgan fingerprint density at radius 2 is 2.20 bits per heavy atom. The van der Waals surface area contributed by atoms with E-state index in [1.54, 1.807) is 25.2 Å². The molecule has 0 unspecified atom stereocenters. The summed E-state index contributed by atoms with van der Waals surface area (Å²) < 4.78 is 3.46. The number of hydrogen-bond donors (Lipinski definition) is 0. The molecule has 0 spiro atoms. The Balaban J connectivity index is 2.60. The summed E-state index contributed by atoms with van der Waals surface area (Å²) in [5.41, 5.74) is 0.536. The van der Waals surface area contributed by atoms with Gasteiger partial charge in [0, 0.05) is 11.5 Å². The van der Waals surface area contributed by atoms with Crippen LogP contribution in [0.5, 0.6) is 0 Å². The van der Waals surface area contributed by atoms with Gasteiger partial charge in [-0.2, -0.15) is 5.10 Å². The molecule has 1 aromatic heterocycles. The van der Waals surface area contributed by atoms with Crippen LogP contribution in [-0.2, 0) is 7.05 Å². The summed E-state index contributed by atoms with van der Waals surface area (Å²) in [4.78, 5) is 11.6. The molecule has 0 N–H and O–H groups in total. The van der Waals surface area contributed by atoms with Crippen molar-refractivity contribution < 1.29 is 0 Å². The predicted molar refractivity (Wildman–Crippen MR) is 61.5 cm³/mol. The second-order valence-corrected chi connectivity index (χ2v) is 4.27. The first kappa shape index (κ1) is 10.4. The molecule has 0 atom stereocenters. The lowest BCUT2D eigenvalue weighted by molar-refractivity contribution is 0.726. The third kappa shape index (κ3) is 1.85. The van der Waals surface area contributed by atoms with Crippen LogP contribution in [0.3, 0.4) is 0 Å². The van der Waals surface area contributed by atoms with E-state index in [1.807, 2.05) is 0 Å². The minimum atomic E-state index is -0.191. The lowest BCUT2D eigenvalue weighted by atomic mass is 10.3. The number of rotatable bonds is 1. The van der Waals surface area contributed by atoms with Crippen molar-refractivity contribution in [3.63, 3.8) is 0 Å². The van der Waals surface area contributed by atoms with Crippen LogP contribution in [0, 0.1) is 0 Å². The molecule has 0 amide bonds. The van der Waals surface area contributed by atoms with Crippen LogP contribution in [0.2, 0.25) is 5.02 Å². The first-order valence-corrected chi connectivity index (χ1v) is 5.33. The number of halogens is 2. The zero-order chi connectivity index (χ0) is 11.0. The van der Waals surface area contributed by atoms with Gasteiger partial charge in [0.25, 0.3) is 0 Å². The van der Waals surface area contributed by atoms with Crippen molar-refractivity contribution in [1.82, 2.24) is 14.3 Å². The van der Waals surface area contributed by atoms with E-state index in [1.165, 1.54) is 15.6 Å². The average molecular weight is 289 g/mol. The number of hydrogen-bond acceptors (Lipinski definition) is 2. The van der Waals surface area contributed by atoms with Crippen molar-refractivity contribution in [3.8, 4) is 5.69 Å². The van der Waals surface area contributed by atoms with Crippen LogP contribution in [0.25, 0.3) is 5.69 Å². The lowest BCUT2D eigenvalue weighted by Gasteiger charge is -2.01. The molecule has 15 heavy (non-hydrogen) atoms. The third-order valence-electron chi connectivity index (χ3n) is 2.00. The smallest absolute Gasteiger partial charge is 0.250 e. The first-order valence-electron chi connectivity index (χ1n) is 4.15. The molecule has 1 aromatic carbocycles. The third-order valence-corrected chi connectivity index (χ3v) is 3.22. The van der Waals surface area contributed by atoms with Crippen molar-refractivity contribution in [2.24, 2.45) is 7.05 Å². The summed E-state index contributed by atoms with van der Waals surface area (Å²) in [7, 11) is 1.60. The SMILES string of the molecule is Cn1ncn(-c2ccc(Cl)c(Br)c2)c1=O. The highest BCUT2D eigenvalue weighted by Crippen LogP contribution is 2.24. The monoisotopic (exact) mass is 287 g/mol. The van der Waals surface area contributed by atoms with E-state index in [2.05, 4.69) is 21.0 Å². The van der Waals surface area contributed by atoms with Crippen molar-refractivity contribution in [2.75, 3.05) is 0 Å². The Morgan fingerprint density at radius 3 is 2.73 bits per heavy atom. The number of aryl methyl sites for hydroxylation is 1. The van der Waals surface area contributed by atoms with Crippen LogP contribution in [0.15, 0.2) is 33.8 Å². The number of aromatic nitrogens is 3. The number of nitrogens with zero attached hydrogens (tertiary/aromatic N) is 3. The van der Waals surface area contributed by atoms with Crippen LogP contribution in [0.4, 0.5) is 0 Å². The molecule has 2 aromatic rings. The average Bonchev–Trinajstić information content (AvgIpc) is 2.53. The molecule has 78 valence electrons. The normalized spacial score (nSPS) is 10.6. The van der Waals surface area contributed by atoms with Gasteiger partial charge in [-0.05, 0) is 34.1 Å². The molecule has 6 heteroatoms. The summed E-state index contributed by atoms with van der Waals surface area (Å²) >= 11 is 9.16. The van der Waals surface area contributed by atoms with Crippen molar-refractivity contribution in [3.05, 3.63) is 44.5 Å². The Labute approximate surface area is 99.2 Å². The highest BCUT2D eigenvalue weighted by atomic mass is 79.9. The standard InChI is InChI=1S/C9H7BrClN3O/c1-13-9(15)14(5-12-13)6-2-3-8(11)7(10)4-6/h2-5H,1H3. The van der Waals surface area contributed by atoms with Gasteiger partial charge in [-0.15, -0.1) is 0 Å². The van der Waals surface area contributed by atoms with E-state index >= 15 is 0 Å². The van der Waals surface area contributed by atoms with Crippen molar-refractivity contribution >= 4 is 27.5 Å². The van der Waals surface area contributed by atoms with E-state index in [0.717, 1.165) is 10.2 Å². The summed E-state index contributed by atoms with van der Waals surface area (Å²) in [5.74, 6) is 0. The Bertz CT molecular complexity index is 561. The fourth-order valence-corrected chi connectivity index (χ4v) is 1.68. The fourth-order valence-electron chi connectivity index (χ4n) is 1.20. The van der Waals surface area contributed by atoms with Crippen LogP contribution >= 0.6 is 27.5 Å². The molecule has 0 bridgehead atoms. The molecule has 0 aliphatic carbocycles. The van der Waals surface area contributed by atoms with Gasteiger partial charge in [0.15, 0.2) is 0 Å². The van der Waals surface area contributed by atoms with Gasteiger partial charge in [-0.25, -0.2) is 14.0 Å². The minimum Gasteiger partial charge on any atom is -0.250 e. The van der Waals surface area contributed by atoms with Gasteiger partial charge >= 0.3 is 5.69 Å². The van der Waals surface area contributed by atoms with Gasteiger partial charge in [-0.1, -0.05) is 11.6 Å². The highest BCUT2D eigenvalue weighted by molar-refractivity contribution is 9.10. The molecule has 1 heterocycles. The molecule has 4 nitrogen and oxygen atoms in total. The molecule has 0 saturated heterocycles. The van der Waals surface area contributed by atoms with Gasteiger partial charge in [0.1, 0.15) is 6.33 Å². The number of benzene rings is 1. The Hall–Kier alpha value is -1.07. The molecule has 0 fully saturated rings. The summed E-state index contributed by atoms with van der Waals surface area (Å²) in [6.07, 6.45) is 1.47. The second-order valence-electron chi connectivity index (χ2n) is 3.01. The Kier molecular flexibility index (Phi) is 2.67. The van der Waals surface area contributed by atoms with Crippen LogP contribution in [-0.4, -0.2) is 14.3 Å². The second kappa shape index (κ2) is 3.83. The maximum Gasteiger partial charge on any atom is 0.350 e. The topological polar surface area (TPSA) is 39.8 Å². The van der Waals surface area contributed by atoms with Crippen molar-refractivity contribution in [1.29, 1.82) is 0 Å². The zero-order valence-electron chi connectivity index (χ0n) is 7.82. The summed E-state index contributed by atoms with van der Waals surface area (Å²) in [6, 6.07) is 5.25. The highest BCUT2D eigenvalue weighted by Gasteiger charge is 2.05. The first-order chi connectivity index (χ1) is 7.09. The molecule has 0 radical (unpaired) electrons. The van der Waals surface area contributed by atoms with Gasteiger partial charge in [-0.3, -0.25) is 0 Å². The quantitative estimate of drug-likeness (QED) is 0.805. The maximum atomic E-state index is 11.6. The fraction of sp³-hybridized carbons (Fsp3) is 0.111. The molecule has 0 aliphatic heterocycles. The van der Waals surface area contributed by atoms with Crippen molar-refractivity contribution in [2.45, 2.75) is 0 Å². The van der Waals surface area contributed by atoms with Gasteiger partial charge in [0.05, 0.1) is 10.7 Å². The predicted octanol–water partition coefficient (Wildman–Crippen LogP) is 1.99. The van der Waals surface area contributed by atoms with Gasteiger partial charge in [0.2, 0.25) is 0 Å². The molecule has 0 saturated carbocycles. The Morgan fingerprint density at radius 1 is 1.47 bits per heavy atom. The molecular weight excluding hydrogens is 281 g/mol. The van der Waals surface area contributed by atoms with E-state index < -0.39 is 0 Å². The van der Waals surface area contributed by atoms with E-state index in [4.69, 9.17) is 11.6 Å².